The second-order valence-corrected chi connectivity index (χ2v) is 5.17. The van der Waals surface area contributed by atoms with Crippen molar-refractivity contribution < 1.29 is 9.53 Å². The number of nitrogens with zero attached hydrogens (tertiary/aromatic N) is 2. The minimum absolute atomic E-state index is 0.131. The molecule has 2 fully saturated rings. The first-order chi connectivity index (χ1) is 7.74. The Labute approximate surface area is 97.5 Å². The second-order valence-electron chi connectivity index (χ2n) is 5.17. The molecule has 2 aliphatic rings. The third-order valence-electron chi connectivity index (χ3n) is 3.87. The Hall–Kier alpha value is -0.450. The van der Waals surface area contributed by atoms with E-state index in [1.54, 1.807) is 0 Å². The lowest BCUT2D eigenvalue weighted by Crippen LogP contribution is -2.50. The predicted molar refractivity (Wildman–Crippen MR) is 62.5 cm³/mol. The van der Waals surface area contributed by atoms with Crippen molar-refractivity contribution in [3.05, 3.63) is 0 Å². The normalized spacial score (nSPS) is 27.8. The predicted octanol–water partition coefficient (Wildman–Crippen LogP) is 0.230. The van der Waals surface area contributed by atoms with Gasteiger partial charge in [0, 0.05) is 51.4 Å². The summed E-state index contributed by atoms with van der Waals surface area (Å²) in [6.45, 7) is 6.82. The van der Waals surface area contributed by atoms with Crippen molar-refractivity contribution >= 4 is 6.29 Å². The van der Waals surface area contributed by atoms with Crippen LogP contribution in [-0.2, 0) is 9.53 Å². The fourth-order valence-corrected chi connectivity index (χ4v) is 2.54. The molecular weight excluding hydrogens is 204 g/mol. The molecule has 0 N–H and O–H groups in total. The maximum Gasteiger partial charge on any atom is 0.127 e. The molecule has 0 aromatic carbocycles. The molecule has 0 bridgehead atoms. The molecular formula is C12H22N2O2. The summed E-state index contributed by atoms with van der Waals surface area (Å²) in [6.07, 6.45) is 2.96. The summed E-state index contributed by atoms with van der Waals surface area (Å²) in [7, 11) is 2.15. The molecule has 4 heteroatoms. The fraction of sp³-hybridized carbons (Fsp3) is 0.917. The molecule has 16 heavy (non-hydrogen) atoms. The average Bonchev–Trinajstić information content (AvgIpc) is 2.33. The third kappa shape index (κ3) is 2.81. The third-order valence-corrected chi connectivity index (χ3v) is 3.87. The van der Waals surface area contributed by atoms with E-state index >= 15 is 0 Å². The molecule has 0 saturated carbocycles. The Balaban J connectivity index is 1.88. The fourth-order valence-electron chi connectivity index (χ4n) is 2.54. The summed E-state index contributed by atoms with van der Waals surface area (Å²) < 4.78 is 5.35. The topological polar surface area (TPSA) is 32.8 Å². The number of carbonyl (C=O) groups is 1. The summed E-state index contributed by atoms with van der Waals surface area (Å²) in [5.74, 6) is 0. The van der Waals surface area contributed by atoms with Crippen LogP contribution in [0.4, 0.5) is 0 Å². The molecule has 2 rings (SSSR count). The lowest BCUT2D eigenvalue weighted by Gasteiger charge is -2.40. The molecule has 0 unspecified atom stereocenters. The van der Waals surface area contributed by atoms with Crippen molar-refractivity contribution in [2.45, 2.75) is 12.8 Å². The minimum Gasteiger partial charge on any atom is -0.381 e. The highest BCUT2D eigenvalue weighted by Gasteiger charge is 2.34. The SMILES string of the molecule is CN1CCN(CC2(C=O)CCOCC2)CC1. The number of rotatable bonds is 3. The van der Waals surface area contributed by atoms with Crippen LogP contribution in [-0.4, -0.2) is 69.1 Å². The van der Waals surface area contributed by atoms with Gasteiger partial charge in [0.2, 0.25) is 0 Å². The van der Waals surface area contributed by atoms with E-state index in [1.165, 1.54) is 6.29 Å². The van der Waals surface area contributed by atoms with Crippen molar-refractivity contribution in [2.24, 2.45) is 5.41 Å². The standard InChI is InChI=1S/C12H22N2O2/c1-13-4-6-14(7-5-13)10-12(11-15)2-8-16-9-3-12/h11H,2-10H2,1H3. The Kier molecular flexibility index (Phi) is 3.95. The van der Waals surface area contributed by atoms with Crippen LogP contribution in [0.15, 0.2) is 0 Å². The summed E-state index contributed by atoms with van der Waals surface area (Å²) >= 11 is 0. The minimum atomic E-state index is -0.131. The average molecular weight is 226 g/mol. The highest BCUT2D eigenvalue weighted by molar-refractivity contribution is 5.60. The van der Waals surface area contributed by atoms with Gasteiger partial charge in [0.1, 0.15) is 6.29 Å². The zero-order chi connectivity index (χ0) is 11.4. The Bertz CT molecular complexity index is 231. The first-order valence-electron chi connectivity index (χ1n) is 6.19. The van der Waals surface area contributed by atoms with E-state index in [2.05, 4.69) is 16.8 Å². The van der Waals surface area contributed by atoms with Crippen LogP contribution in [0.2, 0.25) is 0 Å². The molecule has 0 aromatic heterocycles. The molecule has 2 saturated heterocycles. The van der Waals surface area contributed by atoms with Gasteiger partial charge >= 0.3 is 0 Å². The first-order valence-corrected chi connectivity index (χ1v) is 6.19. The number of hydrogen-bond donors (Lipinski definition) is 0. The molecule has 0 aromatic rings. The van der Waals surface area contributed by atoms with E-state index in [0.29, 0.717) is 0 Å². The zero-order valence-corrected chi connectivity index (χ0v) is 10.2. The molecule has 0 radical (unpaired) electrons. The van der Waals surface area contributed by atoms with Gasteiger partial charge in [0.25, 0.3) is 0 Å². The van der Waals surface area contributed by atoms with Crippen LogP contribution < -0.4 is 0 Å². The van der Waals surface area contributed by atoms with Gasteiger partial charge in [0.05, 0.1) is 0 Å². The highest BCUT2D eigenvalue weighted by atomic mass is 16.5. The van der Waals surface area contributed by atoms with Gasteiger partial charge in [-0.25, -0.2) is 0 Å². The van der Waals surface area contributed by atoms with Gasteiger partial charge in [-0.2, -0.15) is 0 Å². The van der Waals surface area contributed by atoms with E-state index in [-0.39, 0.29) is 5.41 Å². The molecule has 92 valence electrons. The van der Waals surface area contributed by atoms with E-state index in [9.17, 15) is 4.79 Å². The van der Waals surface area contributed by atoms with Gasteiger partial charge in [-0.1, -0.05) is 0 Å². The highest BCUT2D eigenvalue weighted by Crippen LogP contribution is 2.29. The van der Waals surface area contributed by atoms with Crippen LogP contribution in [0.5, 0.6) is 0 Å². The van der Waals surface area contributed by atoms with E-state index in [1.807, 2.05) is 0 Å². The van der Waals surface area contributed by atoms with Crippen molar-refractivity contribution in [3.63, 3.8) is 0 Å². The molecule has 2 aliphatic heterocycles. The maximum absolute atomic E-state index is 11.3. The van der Waals surface area contributed by atoms with Crippen molar-refractivity contribution in [2.75, 3.05) is 53.0 Å². The van der Waals surface area contributed by atoms with E-state index in [4.69, 9.17) is 4.74 Å². The van der Waals surface area contributed by atoms with E-state index in [0.717, 1.165) is 58.8 Å². The summed E-state index contributed by atoms with van der Waals surface area (Å²) in [5, 5.41) is 0. The Morgan fingerprint density at radius 2 is 1.81 bits per heavy atom. The molecule has 0 amide bonds. The van der Waals surface area contributed by atoms with Crippen molar-refractivity contribution in [3.8, 4) is 0 Å². The molecule has 0 aliphatic carbocycles. The number of carbonyl (C=O) groups excluding carboxylic acids is 1. The summed E-state index contributed by atoms with van der Waals surface area (Å²) in [6, 6.07) is 0. The lowest BCUT2D eigenvalue weighted by molar-refractivity contribution is -0.123. The Morgan fingerprint density at radius 1 is 1.19 bits per heavy atom. The van der Waals surface area contributed by atoms with Crippen LogP contribution in [0.1, 0.15) is 12.8 Å². The van der Waals surface area contributed by atoms with Crippen LogP contribution in [0.25, 0.3) is 0 Å². The van der Waals surface area contributed by atoms with Crippen LogP contribution in [0, 0.1) is 5.41 Å². The number of likely N-dealkylation sites (N-methyl/N-ethyl adjacent to an activating group) is 1. The van der Waals surface area contributed by atoms with Gasteiger partial charge < -0.3 is 14.4 Å². The second kappa shape index (κ2) is 5.25. The Morgan fingerprint density at radius 3 is 2.38 bits per heavy atom. The van der Waals surface area contributed by atoms with Gasteiger partial charge in [0.15, 0.2) is 0 Å². The monoisotopic (exact) mass is 226 g/mol. The smallest absolute Gasteiger partial charge is 0.127 e. The number of ether oxygens (including phenoxy) is 1. The summed E-state index contributed by atoms with van der Waals surface area (Å²) in [5.41, 5.74) is -0.131. The number of hydrogen-bond acceptors (Lipinski definition) is 4. The summed E-state index contributed by atoms with van der Waals surface area (Å²) in [4.78, 5) is 16.1. The quantitative estimate of drug-likeness (QED) is 0.645. The van der Waals surface area contributed by atoms with Gasteiger partial charge in [-0.15, -0.1) is 0 Å². The molecule has 2 heterocycles. The van der Waals surface area contributed by atoms with Crippen LogP contribution in [0.3, 0.4) is 0 Å². The van der Waals surface area contributed by atoms with Gasteiger partial charge in [-0.05, 0) is 19.9 Å². The molecule has 4 nitrogen and oxygen atoms in total. The van der Waals surface area contributed by atoms with Crippen molar-refractivity contribution in [1.29, 1.82) is 0 Å². The first kappa shape index (κ1) is 12.0. The maximum atomic E-state index is 11.3. The number of piperazine rings is 1. The molecule has 0 spiro atoms. The largest absolute Gasteiger partial charge is 0.381 e. The number of aldehydes is 1. The molecule has 0 atom stereocenters. The zero-order valence-electron chi connectivity index (χ0n) is 10.2. The van der Waals surface area contributed by atoms with Crippen molar-refractivity contribution in [1.82, 2.24) is 9.80 Å². The van der Waals surface area contributed by atoms with Crippen LogP contribution >= 0.6 is 0 Å². The van der Waals surface area contributed by atoms with E-state index < -0.39 is 0 Å². The lowest BCUT2D eigenvalue weighted by atomic mass is 9.81. The van der Waals surface area contributed by atoms with Gasteiger partial charge in [-0.3, -0.25) is 4.90 Å².